The summed E-state index contributed by atoms with van der Waals surface area (Å²) in [4.78, 5) is 16.7. The van der Waals surface area contributed by atoms with Crippen molar-refractivity contribution in [3.8, 4) is 5.75 Å². The Labute approximate surface area is 152 Å². The zero-order valence-electron chi connectivity index (χ0n) is 14.4. The van der Waals surface area contributed by atoms with Crippen molar-refractivity contribution in [2.45, 2.75) is 38.6 Å². The molecule has 0 bridgehead atoms. The smallest absolute Gasteiger partial charge is 0.274 e. The number of halogens is 1. The van der Waals surface area contributed by atoms with Crippen LogP contribution in [0.25, 0.3) is 0 Å². The first-order valence-electron chi connectivity index (χ1n) is 8.45. The maximum Gasteiger partial charge on any atom is 0.274 e. The quantitative estimate of drug-likeness (QED) is 0.815. The van der Waals surface area contributed by atoms with E-state index in [2.05, 4.69) is 15.6 Å². The highest BCUT2D eigenvalue weighted by Gasteiger charge is 2.16. The number of aryl methyl sites for hydroxylation is 1. The van der Waals surface area contributed by atoms with E-state index in [9.17, 15) is 4.79 Å². The molecule has 2 aromatic rings. The zero-order valence-corrected chi connectivity index (χ0v) is 15.2. The number of benzene rings is 1. The van der Waals surface area contributed by atoms with Crippen LogP contribution in [0.5, 0.6) is 5.75 Å². The summed E-state index contributed by atoms with van der Waals surface area (Å²) >= 11 is 6.09. The number of aromatic nitrogens is 1. The van der Waals surface area contributed by atoms with Crippen LogP contribution in [0.3, 0.4) is 0 Å². The molecule has 0 aliphatic heterocycles. The van der Waals surface area contributed by atoms with Crippen LogP contribution in [0.2, 0.25) is 5.02 Å². The maximum absolute atomic E-state index is 12.5. The van der Waals surface area contributed by atoms with E-state index in [4.69, 9.17) is 16.3 Å². The summed E-state index contributed by atoms with van der Waals surface area (Å²) in [5.74, 6) is 0.232. The summed E-state index contributed by atoms with van der Waals surface area (Å²) in [6.07, 6.45) is 6.63. The second kappa shape index (κ2) is 7.74. The van der Waals surface area contributed by atoms with Gasteiger partial charge in [-0.1, -0.05) is 24.4 Å². The lowest BCUT2D eigenvalue weighted by Crippen LogP contribution is -2.16. The molecule has 2 N–H and O–H groups in total. The number of amides is 1. The molecule has 0 saturated heterocycles. The highest BCUT2D eigenvalue weighted by atomic mass is 35.5. The van der Waals surface area contributed by atoms with Gasteiger partial charge in [-0.15, -0.1) is 0 Å². The van der Waals surface area contributed by atoms with Crippen LogP contribution in [-0.4, -0.2) is 24.0 Å². The number of nitrogens with zero attached hydrogens (tertiary/aromatic N) is 1. The molecular weight excluding hydrogens is 338 g/mol. The number of hydrogen-bond acceptors (Lipinski definition) is 4. The van der Waals surface area contributed by atoms with E-state index < -0.39 is 0 Å². The molecule has 1 aliphatic carbocycles. The first kappa shape index (κ1) is 17.5. The highest BCUT2D eigenvalue weighted by molar-refractivity contribution is 6.31. The molecule has 1 amide bonds. The van der Waals surface area contributed by atoms with Gasteiger partial charge in [0.1, 0.15) is 11.4 Å². The Morgan fingerprint density at radius 1 is 1.28 bits per heavy atom. The van der Waals surface area contributed by atoms with E-state index >= 15 is 0 Å². The van der Waals surface area contributed by atoms with Crippen LogP contribution in [0.15, 0.2) is 30.5 Å². The maximum atomic E-state index is 12.5. The Bertz CT molecular complexity index is 756. The summed E-state index contributed by atoms with van der Waals surface area (Å²) in [5, 5.41) is 6.89. The average Bonchev–Trinajstić information content (AvgIpc) is 3.11. The fourth-order valence-electron chi connectivity index (χ4n) is 3.04. The molecule has 0 unspecified atom stereocenters. The fourth-order valence-corrected chi connectivity index (χ4v) is 3.19. The number of pyridine rings is 1. The van der Waals surface area contributed by atoms with E-state index in [0.717, 1.165) is 11.3 Å². The Morgan fingerprint density at radius 2 is 2.04 bits per heavy atom. The lowest BCUT2D eigenvalue weighted by Gasteiger charge is -2.14. The molecule has 25 heavy (non-hydrogen) atoms. The molecule has 0 spiro atoms. The van der Waals surface area contributed by atoms with Gasteiger partial charge < -0.3 is 15.4 Å². The molecule has 0 atom stereocenters. The third-order valence-electron chi connectivity index (χ3n) is 4.45. The minimum absolute atomic E-state index is 0.285. The SMILES string of the molecule is COc1cc(Cl)c(C)cc1NC(=O)c1ccc(NC2CCCC2)cn1. The van der Waals surface area contributed by atoms with Crippen LogP contribution in [0, 0.1) is 6.92 Å². The first-order chi connectivity index (χ1) is 12.1. The summed E-state index contributed by atoms with van der Waals surface area (Å²) in [7, 11) is 1.54. The molecule has 5 nitrogen and oxygen atoms in total. The van der Waals surface area contributed by atoms with Crippen molar-refractivity contribution in [1.29, 1.82) is 0 Å². The molecule has 1 aromatic heterocycles. The van der Waals surface area contributed by atoms with Crippen molar-refractivity contribution in [3.63, 3.8) is 0 Å². The van der Waals surface area contributed by atoms with Crippen molar-refractivity contribution in [1.82, 2.24) is 4.98 Å². The molecule has 1 aliphatic rings. The van der Waals surface area contributed by atoms with Crippen molar-refractivity contribution in [3.05, 3.63) is 46.7 Å². The van der Waals surface area contributed by atoms with Gasteiger partial charge in [-0.3, -0.25) is 4.79 Å². The fraction of sp³-hybridized carbons (Fsp3) is 0.368. The Kier molecular flexibility index (Phi) is 5.43. The van der Waals surface area contributed by atoms with E-state index in [0.29, 0.717) is 28.2 Å². The van der Waals surface area contributed by atoms with E-state index in [1.165, 1.54) is 25.7 Å². The standard InChI is InChI=1S/C19H22ClN3O2/c1-12-9-17(18(25-2)10-15(12)20)23-19(24)16-8-7-14(11-21-16)22-13-5-3-4-6-13/h7-11,13,22H,3-6H2,1-2H3,(H,23,24). The summed E-state index contributed by atoms with van der Waals surface area (Å²) in [6, 6.07) is 7.61. The third-order valence-corrected chi connectivity index (χ3v) is 4.86. The van der Waals surface area contributed by atoms with Gasteiger partial charge in [0.05, 0.1) is 24.7 Å². The highest BCUT2D eigenvalue weighted by Crippen LogP contribution is 2.31. The number of rotatable bonds is 5. The zero-order chi connectivity index (χ0) is 17.8. The Balaban J connectivity index is 1.70. The largest absolute Gasteiger partial charge is 0.495 e. The average molecular weight is 360 g/mol. The van der Waals surface area contributed by atoms with Gasteiger partial charge in [-0.05, 0) is 43.5 Å². The van der Waals surface area contributed by atoms with Crippen molar-refractivity contribution < 1.29 is 9.53 Å². The second-order valence-electron chi connectivity index (χ2n) is 6.31. The first-order valence-corrected chi connectivity index (χ1v) is 8.82. The predicted molar refractivity (Wildman–Crippen MR) is 101 cm³/mol. The normalized spacial score (nSPS) is 14.4. The molecule has 1 fully saturated rings. The lowest BCUT2D eigenvalue weighted by molar-refractivity contribution is 0.102. The molecule has 1 heterocycles. The second-order valence-corrected chi connectivity index (χ2v) is 6.72. The summed E-state index contributed by atoms with van der Waals surface area (Å²) in [6.45, 7) is 1.87. The number of carbonyl (C=O) groups excluding carboxylic acids is 1. The minimum Gasteiger partial charge on any atom is -0.495 e. The van der Waals surface area contributed by atoms with Gasteiger partial charge in [-0.25, -0.2) is 4.98 Å². The van der Waals surface area contributed by atoms with Crippen molar-refractivity contribution >= 4 is 28.9 Å². The van der Waals surface area contributed by atoms with Crippen molar-refractivity contribution in [2.75, 3.05) is 17.7 Å². The third kappa shape index (κ3) is 4.23. The van der Waals surface area contributed by atoms with E-state index in [1.807, 2.05) is 13.0 Å². The summed E-state index contributed by atoms with van der Waals surface area (Å²) in [5.41, 5.74) is 2.74. The van der Waals surface area contributed by atoms with Crippen molar-refractivity contribution in [2.24, 2.45) is 0 Å². The molecule has 6 heteroatoms. The predicted octanol–water partition coefficient (Wildman–Crippen LogP) is 4.66. The summed E-state index contributed by atoms with van der Waals surface area (Å²) < 4.78 is 5.28. The van der Waals surface area contributed by atoms with Gasteiger partial charge >= 0.3 is 0 Å². The number of methoxy groups -OCH3 is 1. The van der Waals surface area contributed by atoms with Crippen LogP contribution in [0.1, 0.15) is 41.7 Å². The molecule has 1 saturated carbocycles. The molecule has 3 rings (SSSR count). The minimum atomic E-state index is -0.285. The van der Waals surface area contributed by atoms with E-state index in [1.54, 1.807) is 31.5 Å². The Hall–Kier alpha value is -2.27. The van der Waals surface area contributed by atoms with Gasteiger partial charge in [0, 0.05) is 17.1 Å². The Morgan fingerprint density at radius 3 is 2.68 bits per heavy atom. The van der Waals surface area contributed by atoms with Crippen LogP contribution >= 0.6 is 11.6 Å². The van der Waals surface area contributed by atoms with Crippen LogP contribution < -0.4 is 15.4 Å². The van der Waals surface area contributed by atoms with Crippen LogP contribution in [-0.2, 0) is 0 Å². The number of nitrogens with one attached hydrogen (secondary N) is 2. The molecule has 1 aromatic carbocycles. The molecular formula is C19H22ClN3O2. The van der Waals surface area contributed by atoms with E-state index in [-0.39, 0.29) is 5.91 Å². The van der Waals surface area contributed by atoms with Gasteiger partial charge in [-0.2, -0.15) is 0 Å². The number of carbonyl (C=O) groups is 1. The monoisotopic (exact) mass is 359 g/mol. The van der Waals surface area contributed by atoms with Gasteiger partial charge in [0.15, 0.2) is 0 Å². The molecule has 0 radical (unpaired) electrons. The van der Waals surface area contributed by atoms with Gasteiger partial charge in [0.2, 0.25) is 0 Å². The number of anilines is 2. The molecule has 132 valence electrons. The van der Waals surface area contributed by atoms with Crippen LogP contribution in [0.4, 0.5) is 11.4 Å². The number of ether oxygens (including phenoxy) is 1. The number of hydrogen-bond donors (Lipinski definition) is 2. The topological polar surface area (TPSA) is 63.2 Å². The van der Waals surface area contributed by atoms with Gasteiger partial charge in [0.25, 0.3) is 5.91 Å². The lowest BCUT2D eigenvalue weighted by atomic mass is 10.2.